The van der Waals surface area contributed by atoms with Gasteiger partial charge in [0.1, 0.15) is 35.2 Å². The van der Waals surface area contributed by atoms with Crippen LogP contribution < -0.4 is 10.1 Å². The molecule has 19 heavy (non-hydrogen) atoms. The number of rotatable bonds is 1. The van der Waals surface area contributed by atoms with E-state index in [2.05, 4.69) is 10.4 Å². The average Bonchev–Trinajstić information content (AvgIpc) is 2.75. The van der Waals surface area contributed by atoms with E-state index in [1.807, 2.05) is 0 Å². The molecule has 0 atom stereocenters. The molecule has 1 aromatic heterocycles. The molecule has 0 unspecified atom stereocenters. The lowest BCUT2D eigenvalue weighted by molar-refractivity contribution is 0.0698. The van der Waals surface area contributed by atoms with Gasteiger partial charge in [-0.05, 0) is 12.1 Å². The van der Waals surface area contributed by atoms with Crippen molar-refractivity contribution in [3.8, 4) is 11.4 Å². The van der Waals surface area contributed by atoms with Gasteiger partial charge >= 0.3 is 5.97 Å². The minimum atomic E-state index is -1.07. The maximum Gasteiger partial charge on any atom is 0.341 e. The van der Waals surface area contributed by atoms with Gasteiger partial charge in [0, 0.05) is 6.07 Å². The molecule has 6 nitrogen and oxygen atoms in total. The van der Waals surface area contributed by atoms with Gasteiger partial charge in [0.2, 0.25) is 0 Å². The van der Waals surface area contributed by atoms with Crippen LogP contribution in [0.25, 0.3) is 5.69 Å². The lowest BCUT2D eigenvalue weighted by Gasteiger charge is -2.18. The van der Waals surface area contributed by atoms with Crippen LogP contribution in [-0.4, -0.2) is 34.0 Å². The molecule has 0 saturated heterocycles. The summed E-state index contributed by atoms with van der Waals surface area (Å²) in [5.41, 5.74) is 0.563. The van der Waals surface area contributed by atoms with Crippen molar-refractivity contribution in [3.63, 3.8) is 0 Å². The first-order valence-corrected chi connectivity index (χ1v) is 5.65. The summed E-state index contributed by atoms with van der Waals surface area (Å²) in [5.74, 6) is -0.787. The molecule has 0 radical (unpaired) electrons. The third kappa shape index (κ3) is 1.88. The maximum atomic E-state index is 13.2. The number of aromatic carboxylic acids is 1. The van der Waals surface area contributed by atoms with E-state index in [9.17, 15) is 9.18 Å². The highest BCUT2D eigenvalue weighted by atomic mass is 19.1. The van der Waals surface area contributed by atoms with Crippen molar-refractivity contribution in [2.75, 3.05) is 18.5 Å². The fourth-order valence-corrected chi connectivity index (χ4v) is 1.97. The Kier molecular flexibility index (Phi) is 2.59. The standard InChI is InChI=1S/C12H10FN3O3/c13-7-1-2-9-10(5-7)19-4-3-14-11-8(12(17)18)6-15-16(9)11/h1-2,5-6,14H,3-4H2,(H,17,18). The highest BCUT2D eigenvalue weighted by molar-refractivity contribution is 5.93. The molecule has 7 heteroatoms. The van der Waals surface area contributed by atoms with Crippen molar-refractivity contribution in [2.24, 2.45) is 0 Å². The summed E-state index contributed by atoms with van der Waals surface area (Å²) in [4.78, 5) is 11.1. The largest absolute Gasteiger partial charge is 0.489 e. The van der Waals surface area contributed by atoms with Crippen molar-refractivity contribution in [1.82, 2.24) is 9.78 Å². The SMILES string of the molecule is O=C(O)c1cnn2c1NCCOc1cc(F)ccc1-2. The first-order chi connectivity index (χ1) is 9.16. The second-order valence-electron chi connectivity index (χ2n) is 4.01. The van der Waals surface area contributed by atoms with Crippen LogP contribution >= 0.6 is 0 Å². The summed E-state index contributed by atoms with van der Waals surface area (Å²) >= 11 is 0. The van der Waals surface area contributed by atoms with Crippen molar-refractivity contribution >= 4 is 11.8 Å². The van der Waals surface area contributed by atoms with Crippen LogP contribution in [-0.2, 0) is 0 Å². The van der Waals surface area contributed by atoms with Gasteiger partial charge in [-0.1, -0.05) is 0 Å². The van der Waals surface area contributed by atoms with Gasteiger partial charge in [0.05, 0.1) is 12.7 Å². The van der Waals surface area contributed by atoms with Gasteiger partial charge in [-0.15, -0.1) is 0 Å². The van der Waals surface area contributed by atoms with Crippen LogP contribution in [0.2, 0.25) is 0 Å². The van der Waals surface area contributed by atoms with Crippen LogP contribution in [0.3, 0.4) is 0 Å². The Morgan fingerprint density at radius 2 is 2.37 bits per heavy atom. The van der Waals surface area contributed by atoms with E-state index in [1.165, 1.54) is 29.1 Å². The number of aromatic nitrogens is 2. The highest BCUT2D eigenvalue weighted by Crippen LogP contribution is 2.29. The molecule has 0 spiro atoms. The number of fused-ring (bicyclic) bond motifs is 3. The molecule has 98 valence electrons. The second kappa shape index (κ2) is 4.27. The van der Waals surface area contributed by atoms with E-state index in [0.717, 1.165) is 0 Å². The molecular formula is C12H10FN3O3. The van der Waals surface area contributed by atoms with Crippen LogP contribution in [0, 0.1) is 5.82 Å². The number of carboxylic acid groups (broad SMARTS) is 1. The van der Waals surface area contributed by atoms with Crippen LogP contribution in [0.5, 0.6) is 5.75 Å². The summed E-state index contributed by atoms with van der Waals surface area (Å²) in [6.45, 7) is 0.711. The fourth-order valence-electron chi connectivity index (χ4n) is 1.97. The minimum absolute atomic E-state index is 0.0668. The Morgan fingerprint density at radius 1 is 1.53 bits per heavy atom. The van der Waals surface area contributed by atoms with E-state index in [4.69, 9.17) is 9.84 Å². The van der Waals surface area contributed by atoms with Gasteiger partial charge in [-0.3, -0.25) is 0 Å². The summed E-state index contributed by atoms with van der Waals surface area (Å²) in [6, 6.07) is 4.03. The predicted molar refractivity (Wildman–Crippen MR) is 64.5 cm³/mol. The number of nitrogens with one attached hydrogen (secondary N) is 1. The Morgan fingerprint density at radius 3 is 3.16 bits per heavy atom. The molecule has 0 amide bonds. The number of carboxylic acids is 1. The van der Waals surface area contributed by atoms with Crippen molar-refractivity contribution < 1.29 is 19.0 Å². The highest BCUT2D eigenvalue weighted by Gasteiger charge is 2.21. The van der Waals surface area contributed by atoms with E-state index in [-0.39, 0.29) is 5.56 Å². The number of carbonyl (C=O) groups is 1. The van der Waals surface area contributed by atoms with Crippen LogP contribution in [0.4, 0.5) is 10.2 Å². The number of nitrogens with zero attached hydrogens (tertiary/aromatic N) is 2. The molecule has 3 rings (SSSR count). The Bertz CT molecular complexity index is 654. The van der Waals surface area contributed by atoms with Gasteiger partial charge < -0.3 is 15.2 Å². The second-order valence-corrected chi connectivity index (χ2v) is 4.01. The van der Waals surface area contributed by atoms with Gasteiger partial charge in [0.25, 0.3) is 0 Å². The van der Waals surface area contributed by atoms with Crippen molar-refractivity contribution in [1.29, 1.82) is 0 Å². The molecule has 0 aliphatic carbocycles. The van der Waals surface area contributed by atoms with Crippen LogP contribution in [0.1, 0.15) is 10.4 Å². The smallest absolute Gasteiger partial charge is 0.341 e. The van der Waals surface area contributed by atoms with E-state index in [1.54, 1.807) is 0 Å². The number of benzene rings is 1. The number of anilines is 1. The summed E-state index contributed by atoms with van der Waals surface area (Å²) in [6.07, 6.45) is 1.25. The normalized spacial score (nSPS) is 13.3. The van der Waals surface area contributed by atoms with E-state index >= 15 is 0 Å². The lowest BCUT2D eigenvalue weighted by atomic mass is 10.2. The van der Waals surface area contributed by atoms with E-state index in [0.29, 0.717) is 30.4 Å². The topological polar surface area (TPSA) is 76.4 Å². The fraction of sp³-hybridized carbons (Fsp3) is 0.167. The zero-order chi connectivity index (χ0) is 13.4. The number of hydrogen-bond acceptors (Lipinski definition) is 4. The number of hydrogen-bond donors (Lipinski definition) is 2. The summed E-state index contributed by atoms with van der Waals surface area (Å²) in [5, 5.41) is 16.1. The molecule has 0 fully saturated rings. The quantitative estimate of drug-likeness (QED) is 0.815. The Labute approximate surface area is 107 Å². The monoisotopic (exact) mass is 263 g/mol. The third-order valence-electron chi connectivity index (χ3n) is 2.80. The molecule has 2 aromatic rings. The zero-order valence-electron chi connectivity index (χ0n) is 9.76. The number of ether oxygens (including phenoxy) is 1. The third-order valence-corrected chi connectivity index (χ3v) is 2.80. The van der Waals surface area contributed by atoms with Crippen molar-refractivity contribution in [3.05, 3.63) is 35.8 Å². The first kappa shape index (κ1) is 11.5. The molecular weight excluding hydrogens is 253 g/mol. The molecule has 2 N–H and O–H groups in total. The molecule has 2 heterocycles. The molecule has 0 saturated carbocycles. The Balaban J connectivity index is 2.21. The van der Waals surface area contributed by atoms with Crippen molar-refractivity contribution in [2.45, 2.75) is 0 Å². The average molecular weight is 263 g/mol. The lowest BCUT2D eigenvalue weighted by Crippen LogP contribution is -2.19. The molecule has 1 aromatic carbocycles. The number of halogens is 1. The van der Waals surface area contributed by atoms with Gasteiger partial charge in [-0.25, -0.2) is 13.9 Å². The maximum absolute atomic E-state index is 13.2. The first-order valence-electron chi connectivity index (χ1n) is 5.65. The molecule has 1 aliphatic rings. The molecule has 0 bridgehead atoms. The summed E-state index contributed by atoms with van der Waals surface area (Å²) < 4.78 is 20.0. The summed E-state index contributed by atoms with van der Waals surface area (Å²) in [7, 11) is 0. The van der Waals surface area contributed by atoms with Gasteiger partial charge in [-0.2, -0.15) is 5.10 Å². The van der Waals surface area contributed by atoms with Gasteiger partial charge in [0.15, 0.2) is 0 Å². The van der Waals surface area contributed by atoms with Crippen LogP contribution in [0.15, 0.2) is 24.4 Å². The zero-order valence-corrected chi connectivity index (χ0v) is 9.76. The predicted octanol–water partition coefficient (Wildman–Crippen LogP) is 1.51. The minimum Gasteiger partial charge on any atom is -0.489 e. The molecule has 1 aliphatic heterocycles. The van der Waals surface area contributed by atoms with E-state index < -0.39 is 11.8 Å². The Hall–Kier alpha value is -2.57.